The Kier molecular flexibility index (Phi) is 6.08. The van der Waals surface area contributed by atoms with Crippen LogP contribution in [-0.4, -0.2) is 31.0 Å². The van der Waals surface area contributed by atoms with Crippen LogP contribution in [0.3, 0.4) is 0 Å². The number of carboxylic acid groups (broad SMARTS) is 1. The van der Waals surface area contributed by atoms with Gasteiger partial charge in [-0.2, -0.15) is 0 Å². The summed E-state index contributed by atoms with van der Waals surface area (Å²) in [5, 5.41) is 8.52. The number of benzene rings is 1. The summed E-state index contributed by atoms with van der Waals surface area (Å²) in [5.41, 5.74) is 0.494. The van der Waals surface area contributed by atoms with Crippen LogP contribution < -0.4 is 0 Å². The van der Waals surface area contributed by atoms with E-state index in [-0.39, 0.29) is 35.2 Å². The Morgan fingerprint density at radius 2 is 1.71 bits per heavy atom. The Balaban J connectivity index is 2.77. The zero-order chi connectivity index (χ0) is 16.0. The van der Waals surface area contributed by atoms with Crippen molar-refractivity contribution in [2.75, 3.05) is 5.75 Å². The Morgan fingerprint density at radius 3 is 2.19 bits per heavy atom. The van der Waals surface area contributed by atoms with Crippen molar-refractivity contribution in [3.8, 4) is 0 Å². The quantitative estimate of drug-likeness (QED) is 0.745. The third-order valence-electron chi connectivity index (χ3n) is 2.93. The van der Waals surface area contributed by atoms with Crippen LogP contribution in [0.1, 0.15) is 43.5 Å². The van der Waals surface area contributed by atoms with Gasteiger partial charge in [0.05, 0.1) is 10.6 Å². The van der Waals surface area contributed by atoms with Crippen LogP contribution in [0.5, 0.6) is 0 Å². The molecule has 0 atom stereocenters. The Bertz CT molecular complexity index is 599. The van der Waals surface area contributed by atoms with Crippen molar-refractivity contribution in [1.29, 1.82) is 0 Å². The van der Waals surface area contributed by atoms with Gasteiger partial charge in [0.2, 0.25) is 0 Å². The second kappa shape index (κ2) is 7.36. The molecule has 0 radical (unpaired) electrons. The van der Waals surface area contributed by atoms with Crippen LogP contribution in [0.15, 0.2) is 29.2 Å². The molecule has 1 N–H and O–H groups in total. The first-order valence-electron chi connectivity index (χ1n) is 6.80. The predicted octanol–water partition coefficient (Wildman–Crippen LogP) is 2.55. The number of hydrogen-bond donors (Lipinski definition) is 1. The van der Waals surface area contributed by atoms with E-state index in [1.807, 2.05) is 13.8 Å². The topological polar surface area (TPSA) is 88.5 Å². The fourth-order valence-electron chi connectivity index (χ4n) is 1.87. The summed E-state index contributed by atoms with van der Waals surface area (Å²) < 4.78 is 24.0. The smallest absolute Gasteiger partial charge is 0.303 e. The van der Waals surface area contributed by atoms with Crippen molar-refractivity contribution in [2.45, 2.75) is 38.0 Å². The molecular formula is C15H20O5S. The van der Waals surface area contributed by atoms with Crippen LogP contribution in [0.2, 0.25) is 0 Å². The van der Waals surface area contributed by atoms with Crippen LogP contribution in [0, 0.1) is 5.92 Å². The van der Waals surface area contributed by atoms with Crippen molar-refractivity contribution < 1.29 is 23.1 Å². The maximum atomic E-state index is 12.0. The van der Waals surface area contributed by atoms with Crippen molar-refractivity contribution in [2.24, 2.45) is 5.92 Å². The molecule has 0 heterocycles. The summed E-state index contributed by atoms with van der Waals surface area (Å²) >= 11 is 0. The molecule has 116 valence electrons. The Morgan fingerprint density at radius 1 is 1.14 bits per heavy atom. The summed E-state index contributed by atoms with van der Waals surface area (Å²) in [6.07, 6.45) is 0.320. The third-order valence-corrected chi connectivity index (χ3v) is 4.75. The minimum atomic E-state index is -3.50. The molecule has 21 heavy (non-hydrogen) atoms. The highest BCUT2D eigenvalue weighted by molar-refractivity contribution is 7.91. The average molecular weight is 312 g/mol. The number of ketones is 1. The molecule has 0 fully saturated rings. The standard InChI is InChI=1S/C15H20O5S/c1-11(2)10-14(16)12-5-7-13(8-6-12)21(19,20)9-3-4-15(17)18/h5-8,11H,3-4,9-10H2,1-2H3,(H,17,18). The van der Waals surface area contributed by atoms with E-state index < -0.39 is 15.8 Å². The highest BCUT2D eigenvalue weighted by atomic mass is 32.2. The molecule has 0 aliphatic rings. The minimum absolute atomic E-state index is 0.0141. The third kappa shape index (κ3) is 5.67. The summed E-state index contributed by atoms with van der Waals surface area (Å²) in [5.74, 6) is -0.991. The zero-order valence-electron chi connectivity index (χ0n) is 12.2. The van der Waals surface area contributed by atoms with Crippen LogP contribution in [0.25, 0.3) is 0 Å². The van der Waals surface area contributed by atoms with E-state index in [4.69, 9.17) is 5.11 Å². The number of carbonyl (C=O) groups excluding carboxylic acids is 1. The summed E-state index contributed by atoms with van der Waals surface area (Å²) in [6.45, 7) is 3.89. The van der Waals surface area contributed by atoms with Gasteiger partial charge in [-0.15, -0.1) is 0 Å². The first-order chi connectivity index (χ1) is 9.72. The molecule has 0 saturated carbocycles. The van der Waals surface area contributed by atoms with Gasteiger partial charge >= 0.3 is 5.97 Å². The number of carboxylic acids is 1. The van der Waals surface area contributed by atoms with Gasteiger partial charge in [-0.1, -0.05) is 26.0 Å². The lowest BCUT2D eigenvalue weighted by Gasteiger charge is -2.06. The van der Waals surface area contributed by atoms with E-state index >= 15 is 0 Å². The number of aliphatic carboxylic acids is 1. The fourth-order valence-corrected chi connectivity index (χ4v) is 3.18. The van der Waals surface area contributed by atoms with Crippen LogP contribution in [-0.2, 0) is 14.6 Å². The largest absolute Gasteiger partial charge is 0.481 e. The molecular weight excluding hydrogens is 292 g/mol. The minimum Gasteiger partial charge on any atom is -0.481 e. The van der Waals surface area contributed by atoms with Crippen molar-refractivity contribution >= 4 is 21.6 Å². The number of Topliss-reactive ketones (excluding diaryl/α,β-unsaturated/α-hetero) is 1. The van der Waals surface area contributed by atoms with Crippen LogP contribution in [0.4, 0.5) is 0 Å². The van der Waals surface area contributed by atoms with Gasteiger partial charge in [0, 0.05) is 18.4 Å². The zero-order valence-corrected chi connectivity index (χ0v) is 13.0. The van der Waals surface area contributed by atoms with Gasteiger partial charge in [-0.05, 0) is 24.5 Å². The van der Waals surface area contributed by atoms with E-state index in [1.54, 1.807) is 0 Å². The van der Waals surface area contributed by atoms with Gasteiger partial charge in [0.1, 0.15) is 0 Å². The van der Waals surface area contributed by atoms with Gasteiger partial charge in [-0.25, -0.2) is 8.42 Å². The molecule has 0 spiro atoms. The van der Waals surface area contributed by atoms with Crippen molar-refractivity contribution in [3.05, 3.63) is 29.8 Å². The fraction of sp³-hybridized carbons (Fsp3) is 0.467. The molecule has 1 rings (SSSR count). The monoisotopic (exact) mass is 312 g/mol. The van der Waals surface area contributed by atoms with E-state index in [1.165, 1.54) is 24.3 Å². The van der Waals surface area contributed by atoms with E-state index in [0.717, 1.165) is 0 Å². The molecule has 6 heteroatoms. The molecule has 0 unspecified atom stereocenters. The second-order valence-corrected chi connectivity index (χ2v) is 7.47. The highest BCUT2D eigenvalue weighted by Gasteiger charge is 2.16. The molecule has 0 aromatic heterocycles. The lowest BCUT2D eigenvalue weighted by Crippen LogP contribution is -2.09. The summed E-state index contributed by atoms with van der Waals surface area (Å²) in [7, 11) is -3.50. The molecule has 1 aromatic rings. The molecule has 0 aliphatic carbocycles. The van der Waals surface area contributed by atoms with Crippen LogP contribution >= 0.6 is 0 Å². The lowest BCUT2D eigenvalue weighted by atomic mass is 10.0. The van der Waals surface area contributed by atoms with Gasteiger partial charge in [0.15, 0.2) is 15.6 Å². The normalized spacial score (nSPS) is 11.6. The van der Waals surface area contributed by atoms with Gasteiger partial charge < -0.3 is 5.11 Å². The van der Waals surface area contributed by atoms with E-state index in [2.05, 4.69) is 0 Å². The molecule has 0 aliphatic heterocycles. The van der Waals surface area contributed by atoms with Gasteiger partial charge in [-0.3, -0.25) is 9.59 Å². The SMILES string of the molecule is CC(C)CC(=O)c1ccc(S(=O)(=O)CCCC(=O)O)cc1. The van der Waals surface area contributed by atoms with Crippen molar-refractivity contribution in [1.82, 2.24) is 0 Å². The van der Waals surface area contributed by atoms with E-state index in [9.17, 15) is 18.0 Å². The Hall–Kier alpha value is -1.69. The van der Waals surface area contributed by atoms with E-state index in [0.29, 0.717) is 12.0 Å². The first-order valence-corrected chi connectivity index (χ1v) is 8.45. The predicted molar refractivity (Wildman–Crippen MR) is 79.2 cm³/mol. The Labute approximate surface area is 124 Å². The van der Waals surface area contributed by atoms with Crippen molar-refractivity contribution in [3.63, 3.8) is 0 Å². The highest BCUT2D eigenvalue weighted by Crippen LogP contribution is 2.16. The number of sulfone groups is 1. The number of carbonyl (C=O) groups is 2. The summed E-state index contributed by atoms with van der Waals surface area (Å²) in [6, 6.07) is 5.83. The van der Waals surface area contributed by atoms with Gasteiger partial charge in [0.25, 0.3) is 0 Å². The second-order valence-electron chi connectivity index (χ2n) is 5.36. The molecule has 0 bridgehead atoms. The molecule has 1 aromatic carbocycles. The molecule has 5 nitrogen and oxygen atoms in total. The lowest BCUT2D eigenvalue weighted by molar-refractivity contribution is -0.137. The summed E-state index contributed by atoms with van der Waals surface area (Å²) in [4.78, 5) is 22.4. The number of rotatable bonds is 8. The maximum Gasteiger partial charge on any atom is 0.303 e. The average Bonchev–Trinajstić information content (AvgIpc) is 2.37. The maximum absolute atomic E-state index is 12.0. The first kappa shape index (κ1) is 17.4. The number of hydrogen-bond acceptors (Lipinski definition) is 4. The molecule has 0 saturated heterocycles. The molecule has 0 amide bonds.